The first kappa shape index (κ1) is 9.59. The number of methoxy groups -OCH3 is 1. The molecule has 0 unspecified atom stereocenters. The summed E-state index contributed by atoms with van der Waals surface area (Å²) in [6.45, 7) is 0. The number of carbonyl (C=O) groups excluding carboxylic acids is 1. The molecular formula is C7H6N4O3S. The first-order valence-electron chi connectivity index (χ1n) is 3.86. The van der Waals surface area contributed by atoms with Crippen LogP contribution in [0.3, 0.4) is 0 Å². The van der Waals surface area contributed by atoms with Gasteiger partial charge in [-0.15, -0.1) is 5.10 Å². The van der Waals surface area contributed by atoms with Crippen molar-refractivity contribution in [3.8, 4) is 0 Å². The van der Waals surface area contributed by atoms with E-state index in [1.54, 1.807) is 0 Å². The molecule has 2 rings (SSSR count). The zero-order valence-corrected chi connectivity index (χ0v) is 8.45. The normalized spacial score (nSPS) is 12.2. The summed E-state index contributed by atoms with van der Waals surface area (Å²) >= 11 is 1.03. The molecule has 15 heavy (non-hydrogen) atoms. The summed E-state index contributed by atoms with van der Waals surface area (Å²) in [4.78, 5) is 26.6. The van der Waals surface area contributed by atoms with Crippen molar-refractivity contribution in [1.82, 2.24) is 14.6 Å². The van der Waals surface area contributed by atoms with Crippen molar-refractivity contribution in [1.29, 1.82) is 0 Å². The van der Waals surface area contributed by atoms with Crippen molar-refractivity contribution >= 4 is 34.3 Å². The molecule has 7 nitrogen and oxygen atoms in total. The molecule has 0 spiro atoms. The van der Waals surface area contributed by atoms with Crippen molar-refractivity contribution in [2.75, 3.05) is 12.8 Å². The van der Waals surface area contributed by atoms with E-state index < -0.39 is 11.5 Å². The van der Waals surface area contributed by atoms with E-state index in [2.05, 4.69) is 14.8 Å². The molecule has 0 radical (unpaired) electrons. The Morgan fingerprint density at radius 2 is 2.40 bits per heavy atom. The highest BCUT2D eigenvalue weighted by Crippen LogP contribution is 2.01. The molecule has 0 fully saturated rings. The number of hydrogen-bond donors (Lipinski definition) is 1. The predicted molar refractivity (Wildman–Crippen MR) is 53.2 cm³/mol. The molecule has 2 heterocycles. The fourth-order valence-corrected chi connectivity index (χ4v) is 1.89. The van der Waals surface area contributed by atoms with E-state index in [1.807, 2.05) is 0 Å². The highest BCUT2D eigenvalue weighted by atomic mass is 32.1. The topological polar surface area (TPSA) is 99.6 Å². The van der Waals surface area contributed by atoms with E-state index in [9.17, 15) is 9.59 Å². The van der Waals surface area contributed by atoms with Crippen molar-refractivity contribution in [3.05, 3.63) is 14.9 Å². The van der Waals surface area contributed by atoms with Crippen LogP contribution in [-0.4, -0.2) is 27.7 Å². The lowest BCUT2D eigenvalue weighted by molar-refractivity contribution is -0.133. The summed E-state index contributed by atoms with van der Waals surface area (Å²) in [5.41, 5.74) is 4.88. The van der Waals surface area contributed by atoms with E-state index in [0.29, 0.717) is 4.96 Å². The minimum Gasteiger partial charge on any atom is -0.466 e. The third kappa shape index (κ3) is 1.54. The monoisotopic (exact) mass is 226 g/mol. The molecule has 0 aliphatic carbocycles. The zero-order chi connectivity index (χ0) is 11.0. The smallest absolute Gasteiger partial charge is 0.332 e. The van der Waals surface area contributed by atoms with Gasteiger partial charge in [-0.3, -0.25) is 4.79 Å². The second kappa shape index (κ2) is 3.31. The second-order valence-corrected chi connectivity index (χ2v) is 3.61. The molecule has 0 aliphatic heterocycles. The van der Waals surface area contributed by atoms with E-state index in [4.69, 9.17) is 5.73 Å². The number of esters is 1. The molecule has 2 N–H and O–H groups in total. The van der Waals surface area contributed by atoms with Crippen molar-refractivity contribution in [3.63, 3.8) is 0 Å². The fraction of sp³-hybridized carbons (Fsp3) is 0.143. The van der Waals surface area contributed by atoms with Crippen LogP contribution in [0.1, 0.15) is 0 Å². The van der Waals surface area contributed by atoms with Crippen LogP contribution < -0.4 is 15.8 Å². The lowest BCUT2D eigenvalue weighted by Gasteiger charge is -1.85. The zero-order valence-electron chi connectivity index (χ0n) is 7.63. The van der Waals surface area contributed by atoms with Crippen LogP contribution in [0, 0.1) is 0 Å². The van der Waals surface area contributed by atoms with Gasteiger partial charge >= 0.3 is 5.97 Å². The van der Waals surface area contributed by atoms with Gasteiger partial charge in [-0.25, -0.2) is 4.79 Å². The maximum Gasteiger partial charge on any atom is 0.332 e. The predicted octanol–water partition coefficient (Wildman–Crippen LogP) is -1.59. The number of rotatable bonds is 1. The molecule has 0 aliphatic rings. The van der Waals surface area contributed by atoms with Gasteiger partial charge < -0.3 is 10.5 Å². The van der Waals surface area contributed by atoms with Gasteiger partial charge in [-0.1, -0.05) is 11.3 Å². The molecular weight excluding hydrogens is 220 g/mol. The summed E-state index contributed by atoms with van der Waals surface area (Å²) in [7, 11) is 1.23. The molecule has 0 atom stereocenters. The third-order valence-electron chi connectivity index (χ3n) is 1.65. The molecule has 0 amide bonds. The number of nitrogens with zero attached hydrogens (tertiary/aromatic N) is 3. The summed E-state index contributed by atoms with van der Waals surface area (Å²) < 4.78 is 5.67. The highest BCUT2D eigenvalue weighted by molar-refractivity contribution is 7.15. The average Bonchev–Trinajstić information content (AvgIpc) is 2.67. The SMILES string of the molecule is COC(=O)C=c1sc2nc(N)nn2c1=O. The Hall–Kier alpha value is -1.96. The number of aromatic nitrogens is 3. The Kier molecular flexibility index (Phi) is 2.12. The maximum atomic E-state index is 11.6. The van der Waals surface area contributed by atoms with E-state index >= 15 is 0 Å². The lowest BCUT2D eigenvalue weighted by atomic mass is 10.6. The lowest BCUT2D eigenvalue weighted by Crippen LogP contribution is -2.25. The molecule has 8 heteroatoms. The number of hydrogen-bond acceptors (Lipinski definition) is 7. The summed E-state index contributed by atoms with van der Waals surface area (Å²) in [6, 6.07) is 0. The molecule has 0 saturated carbocycles. The largest absolute Gasteiger partial charge is 0.466 e. The van der Waals surface area contributed by atoms with Crippen molar-refractivity contribution < 1.29 is 9.53 Å². The number of anilines is 1. The Morgan fingerprint density at radius 1 is 1.67 bits per heavy atom. The number of nitrogens with two attached hydrogens (primary N) is 1. The van der Waals surface area contributed by atoms with Gasteiger partial charge in [0.05, 0.1) is 7.11 Å². The van der Waals surface area contributed by atoms with Crippen LogP contribution in [-0.2, 0) is 9.53 Å². The van der Waals surface area contributed by atoms with E-state index in [1.165, 1.54) is 7.11 Å². The third-order valence-corrected chi connectivity index (χ3v) is 2.61. The summed E-state index contributed by atoms with van der Waals surface area (Å²) in [6.07, 6.45) is 1.10. The number of carbonyl (C=O) groups is 1. The van der Waals surface area contributed by atoms with Gasteiger partial charge in [-0.05, 0) is 0 Å². The molecule has 2 aromatic rings. The van der Waals surface area contributed by atoms with Crippen LogP contribution in [0.4, 0.5) is 5.95 Å². The molecule has 0 saturated heterocycles. The number of ether oxygens (including phenoxy) is 1. The van der Waals surface area contributed by atoms with E-state index in [0.717, 1.165) is 21.9 Å². The Labute approximate surface area is 86.8 Å². The van der Waals surface area contributed by atoms with Crippen LogP contribution in [0.25, 0.3) is 11.0 Å². The average molecular weight is 226 g/mol. The first-order chi connectivity index (χ1) is 7.11. The van der Waals surface area contributed by atoms with Gasteiger partial charge in [0.2, 0.25) is 10.9 Å². The molecule has 0 aromatic carbocycles. The second-order valence-electron chi connectivity index (χ2n) is 2.60. The van der Waals surface area contributed by atoms with Gasteiger partial charge in [0, 0.05) is 6.08 Å². The van der Waals surface area contributed by atoms with E-state index in [-0.39, 0.29) is 10.5 Å². The number of thiazole rings is 1. The van der Waals surface area contributed by atoms with Gasteiger partial charge in [0.25, 0.3) is 5.56 Å². The molecule has 2 aromatic heterocycles. The quantitative estimate of drug-likeness (QED) is 0.588. The van der Waals surface area contributed by atoms with Crippen molar-refractivity contribution in [2.45, 2.75) is 0 Å². The van der Waals surface area contributed by atoms with Crippen molar-refractivity contribution in [2.24, 2.45) is 0 Å². The summed E-state index contributed by atoms with van der Waals surface area (Å²) in [5.74, 6) is -0.562. The Balaban J connectivity index is 2.69. The van der Waals surface area contributed by atoms with Crippen LogP contribution in [0.15, 0.2) is 4.79 Å². The van der Waals surface area contributed by atoms with Gasteiger partial charge in [0.1, 0.15) is 4.53 Å². The minimum atomic E-state index is -0.593. The standard InChI is InChI=1S/C7H6N4O3S/c1-14-4(12)2-3-5(13)11-7(15-3)9-6(8)10-11/h2H,1H3,(H2,8,10). The fourth-order valence-electron chi connectivity index (χ4n) is 1.01. The Bertz CT molecular complexity index is 628. The highest BCUT2D eigenvalue weighted by Gasteiger charge is 2.08. The van der Waals surface area contributed by atoms with Gasteiger partial charge in [0.15, 0.2) is 0 Å². The van der Waals surface area contributed by atoms with Crippen LogP contribution >= 0.6 is 11.3 Å². The van der Waals surface area contributed by atoms with Gasteiger partial charge in [-0.2, -0.15) is 9.50 Å². The van der Waals surface area contributed by atoms with Crippen LogP contribution in [0.2, 0.25) is 0 Å². The molecule has 78 valence electrons. The number of fused-ring (bicyclic) bond motifs is 1. The first-order valence-corrected chi connectivity index (χ1v) is 4.68. The Morgan fingerprint density at radius 3 is 3.00 bits per heavy atom. The summed E-state index contributed by atoms with van der Waals surface area (Å²) in [5, 5.41) is 3.68. The minimum absolute atomic E-state index is 0.0305. The number of nitrogen functional groups attached to an aromatic ring is 1. The van der Waals surface area contributed by atoms with Crippen LogP contribution in [0.5, 0.6) is 0 Å². The maximum absolute atomic E-state index is 11.6. The molecule has 0 bridgehead atoms.